The predicted molar refractivity (Wildman–Crippen MR) is 556 cm³/mol. The van der Waals surface area contributed by atoms with Crippen molar-refractivity contribution in [3.8, 4) is 44.5 Å². The summed E-state index contributed by atoms with van der Waals surface area (Å²) in [5.41, 5.74) is 14.7. The maximum absolute atomic E-state index is 14.5. The maximum atomic E-state index is 14.5. The number of carbonyl (C=O) groups excluding carboxylic acids is 2. The van der Waals surface area contributed by atoms with Gasteiger partial charge in [-0.05, 0) is 173 Å². The number of rotatable bonds is 76. The van der Waals surface area contributed by atoms with Gasteiger partial charge in [-0.15, -0.1) is 0 Å². The third kappa shape index (κ3) is 35.9. The highest BCUT2D eigenvalue weighted by atomic mass is 16.5. The van der Waals surface area contributed by atoms with Gasteiger partial charge in [0.2, 0.25) is 0 Å². The number of esters is 2. The molecule has 126 heavy (non-hydrogen) atoms. The quantitative estimate of drug-likeness (QED) is 0.0165. The number of carbonyl (C=O) groups is 2. The third-order valence-corrected chi connectivity index (χ3v) is 28.0. The standard InChI is InChI=1S/C122H176O4/c1-7-13-17-21-25-29-33-37-41-45-49-53-57-61-65-69-77-99-93-103(97-105(95-99)121(123)125-91-75-67-63-59-55-51-47-43-39-35-31-27-23-19-15-9-3)107-79-71-73-81-109(107)111-87-89-115-114-86-84-102(12-6)118-112(88-90-116(120(114)118)113-85-83-101(11-5)117(111)119(113)115)110-82-74-72-80-108(110)104-94-100(78-70-66-62-58-54-50-46-42-38-34-30-26-22-18-14-8-2)96-106(98-104)122(124)126-92-76-68-64-60-56-52-48-44-40-36-32-28-24-20-16-10-4/h11-12,71-74,79-90,93-98H,5-10,13-70,75-78,91-92H2,1-4H3. The van der Waals surface area contributed by atoms with Gasteiger partial charge in [-0.2, -0.15) is 0 Å². The molecule has 4 nitrogen and oxygen atoms in total. The molecule has 0 N–H and O–H groups in total. The molecular formula is C122H176O4. The van der Waals surface area contributed by atoms with Crippen LogP contribution in [-0.2, 0) is 22.3 Å². The van der Waals surface area contributed by atoms with E-state index in [4.69, 9.17) is 9.47 Å². The molecule has 0 saturated carbocycles. The smallest absolute Gasteiger partial charge is 0.338 e. The first-order valence-electron chi connectivity index (χ1n) is 53.6. The molecule has 688 valence electrons. The van der Waals surface area contributed by atoms with E-state index in [0.717, 1.165) is 107 Å². The van der Waals surface area contributed by atoms with Crippen LogP contribution in [0.15, 0.2) is 147 Å². The lowest BCUT2D eigenvalue weighted by atomic mass is 9.81. The lowest BCUT2D eigenvalue weighted by Gasteiger charge is -2.22. The Morgan fingerprint density at radius 1 is 0.230 bits per heavy atom. The number of ether oxygens (including phenoxy) is 2. The molecule has 0 aliphatic carbocycles. The van der Waals surface area contributed by atoms with E-state index in [1.807, 2.05) is 12.2 Å². The maximum Gasteiger partial charge on any atom is 0.338 e. The van der Waals surface area contributed by atoms with E-state index in [1.54, 1.807) is 0 Å². The molecular weight excluding hydrogens is 1530 g/mol. The van der Waals surface area contributed by atoms with Gasteiger partial charge in [0.1, 0.15) is 0 Å². The fraction of sp³-hybridized carbons (Fsp3) is 0.590. The first-order valence-corrected chi connectivity index (χ1v) is 53.6. The predicted octanol–water partition coefficient (Wildman–Crippen LogP) is 40.1. The SMILES string of the molecule is C=Cc1ccc2c3ccc(-c4ccccc4-c4cc(CCCCCCCCCCCCCCCCCC)cc(C(=O)OCCCCCCCCCCCCCCCCCC)c4)c4c(C=C)ccc(c5ccc(-c6ccccc6-c6cc(CCCCCCCCCCCCCCCCCC)cc(C(=O)OCCCCCCCCCCCCCCCCCC)c6)c1c25)c43. The largest absolute Gasteiger partial charge is 0.462 e. The molecule has 4 heteroatoms. The van der Waals surface area contributed by atoms with Gasteiger partial charge in [0, 0.05) is 0 Å². The Kier molecular flexibility index (Phi) is 51.7. The first kappa shape index (κ1) is 102. The average Bonchev–Trinajstić information content (AvgIpc) is 0.700. The lowest BCUT2D eigenvalue weighted by molar-refractivity contribution is 0.0488. The molecule has 0 bridgehead atoms. The van der Waals surface area contributed by atoms with Crippen molar-refractivity contribution in [3.05, 3.63) is 180 Å². The fourth-order valence-corrected chi connectivity index (χ4v) is 20.4. The number of aryl methyl sites for hydroxylation is 2. The summed E-state index contributed by atoms with van der Waals surface area (Å²) < 4.78 is 12.5. The fourth-order valence-electron chi connectivity index (χ4n) is 20.4. The van der Waals surface area contributed by atoms with Crippen LogP contribution in [0.5, 0.6) is 0 Å². The van der Waals surface area contributed by atoms with Crippen LogP contribution in [0.4, 0.5) is 0 Å². The Labute approximate surface area is 770 Å². The normalized spacial score (nSPS) is 11.7. The number of hydrogen-bond donors (Lipinski definition) is 0. The number of fused-ring (bicyclic) bond motifs is 2. The van der Waals surface area contributed by atoms with Crippen molar-refractivity contribution in [1.82, 2.24) is 0 Å². The molecule has 9 aromatic carbocycles. The Morgan fingerprint density at radius 3 is 0.698 bits per heavy atom. The van der Waals surface area contributed by atoms with Crippen LogP contribution in [-0.4, -0.2) is 25.2 Å². The molecule has 9 rings (SSSR count). The summed E-state index contributed by atoms with van der Waals surface area (Å²) in [6.45, 7) is 19.1. The van der Waals surface area contributed by atoms with Crippen molar-refractivity contribution in [2.24, 2.45) is 0 Å². The van der Waals surface area contributed by atoms with Gasteiger partial charge in [0.15, 0.2) is 0 Å². The first-order chi connectivity index (χ1) is 62.3. The minimum absolute atomic E-state index is 0.217. The van der Waals surface area contributed by atoms with Crippen molar-refractivity contribution in [2.45, 2.75) is 451 Å². The summed E-state index contributed by atoms with van der Waals surface area (Å²) in [6.07, 6.45) is 90.8. The molecule has 0 amide bonds. The Balaban J connectivity index is 0.929. The Morgan fingerprint density at radius 2 is 0.452 bits per heavy atom. The number of unbranched alkanes of at least 4 members (excludes halogenated alkanes) is 60. The van der Waals surface area contributed by atoms with Crippen molar-refractivity contribution in [3.63, 3.8) is 0 Å². The Hall–Kier alpha value is -7.30. The zero-order valence-electron chi connectivity index (χ0n) is 81.0. The van der Waals surface area contributed by atoms with Crippen molar-refractivity contribution >= 4 is 67.2 Å². The molecule has 0 heterocycles. The van der Waals surface area contributed by atoms with E-state index in [9.17, 15) is 9.59 Å². The van der Waals surface area contributed by atoms with Crippen LogP contribution in [0.1, 0.15) is 482 Å². The van der Waals surface area contributed by atoms with E-state index in [-0.39, 0.29) is 11.9 Å². The van der Waals surface area contributed by atoms with Gasteiger partial charge >= 0.3 is 11.9 Å². The summed E-state index contributed by atoms with van der Waals surface area (Å²) in [5, 5.41) is 9.58. The van der Waals surface area contributed by atoms with Gasteiger partial charge in [-0.3, -0.25) is 0 Å². The summed E-state index contributed by atoms with van der Waals surface area (Å²) in [6, 6.07) is 49.7. The molecule has 0 aliphatic rings. The van der Waals surface area contributed by atoms with Crippen molar-refractivity contribution < 1.29 is 19.1 Å². The lowest BCUT2D eigenvalue weighted by Crippen LogP contribution is -2.08. The van der Waals surface area contributed by atoms with E-state index in [1.165, 1.54) is 427 Å². The highest BCUT2D eigenvalue weighted by Crippen LogP contribution is 2.50. The van der Waals surface area contributed by atoms with Gasteiger partial charge < -0.3 is 9.47 Å². The van der Waals surface area contributed by atoms with E-state index in [0.29, 0.717) is 24.3 Å². The molecule has 0 spiro atoms. The molecule has 9 aromatic rings. The minimum Gasteiger partial charge on any atom is -0.462 e. The van der Waals surface area contributed by atoms with Crippen LogP contribution in [0.25, 0.3) is 99.7 Å². The average molecular weight is 1710 g/mol. The molecule has 0 atom stereocenters. The summed E-state index contributed by atoms with van der Waals surface area (Å²) in [4.78, 5) is 29.0. The zero-order valence-corrected chi connectivity index (χ0v) is 81.0. The highest BCUT2D eigenvalue weighted by Gasteiger charge is 2.24. The second kappa shape index (κ2) is 63.6. The third-order valence-electron chi connectivity index (χ3n) is 28.0. The molecule has 0 radical (unpaired) electrons. The molecule has 0 unspecified atom stereocenters. The van der Waals surface area contributed by atoms with E-state index in [2.05, 4.69) is 174 Å². The molecule has 0 saturated heterocycles. The zero-order chi connectivity index (χ0) is 88.3. The van der Waals surface area contributed by atoms with Crippen LogP contribution < -0.4 is 0 Å². The summed E-state index contributed by atoms with van der Waals surface area (Å²) in [5.74, 6) is -0.435. The van der Waals surface area contributed by atoms with E-state index >= 15 is 0 Å². The second-order valence-electron chi connectivity index (χ2n) is 38.5. The summed E-state index contributed by atoms with van der Waals surface area (Å²) in [7, 11) is 0. The van der Waals surface area contributed by atoms with Gasteiger partial charge in [-0.1, -0.05) is 547 Å². The van der Waals surface area contributed by atoms with Crippen molar-refractivity contribution in [1.29, 1.82) is 0 Å². The van der Waals surface area contributed by atoms with Gasteiger partial charge in [0.05, 0.1) is 24.3 Å². The number of benzene rings is 9. The molecule has 0 aromatic heterocycles. The second-order valence-corrected chi connectivity index (χ2v) is 38.5. The van der Waals surface area contributed by atoms with Crippen LogP contribution >= 0.6 is 0 Å². The molecule has 0 aliphatic heterocycles. The minimum atomic E-state index is -0.217. The highest BCUT2D eigenvalue weighted by molar-refractivity contribution is 6.37. The molecule has 0 fully saturated rings. The van der Waals surface area contributed by atoms with Crippen LogP contribution in [0.3, 0.4) is 0 Å². The van der Waals surface area contributed by atoms with Gasteiger partial charge in [0.25, 0.3) is 0 Å². The topological polar surface area (TPSA) is 52.6 Å². The van der Waals surface area contributed by atoms with Gasteiger partial charge in [-0.25, -0.2) is 9.59 Å². The van der Waals surface area contributed by atoms with Crippen LogP contribution in [0, 0.1) is 0 Å². The number of hydrogen-bond acceptors (Lipinski definition) is 4. The monoisotopic (exact) mass is 1710 g/mol. The van der Waals surface area contributed by atoms with Crippen LogP contribution in [0.2, 0.25) is 0 Å². The Bertz CT molecular complexity index is 4160. The summed E-state index contributed by atoms with van der Waals surface area (Å²) >= 11 is 0. The van der Waals surface area contributed by atoms with Crippen molar-refractivity contribution in [2.75, 3.05) is 13.2 Å². The van der Waals surface area contributed by atoms with E-state index < -0.39 is 0 Å².